The maximum absolute atomic E-state index is 13.3. The molecule has 2 aromatic rings. The molecule has 14 heavy (non-hydrogen) atoms. The molecule has 1 aromatic heterocycles. The Kier molecular flexibility index (Phi) is 2.50. The average Bonchev–Trinajstić information content (AvgIpc) is 2.64. The quantitative estimate of drug-likeness (QED) is 0.745. The first-order chi connectivity index (χ1) is 6.77. The van der Waals surface area contributed by atoms with Crippen molar-refractivity contribution in [2.24, 2.45) is 0 Å². The fourth-order valence-corrected chi connectivity index (χ4v) is 1.46. The van der Waals surface area contributed by atoms with Crippen LogP contribution in [0.5, 0.6) is 0 Å². The molecular weight excluding hydrogens is 203 g/mol. The summed E-state index contributed by atoms with van der Waals surface area (Å²) in [5.41, 5.74) is 0.470. The number of nitrogens with zero attached hydrogens (tertiary/aromatic N) is 2. The lowest BCUT2D eigenvalue weighted by molar-refractivity contribution is 0.585. The van der Waals surface area contributed by atoms with Gasteiger partial charge in [-0.2, -0.15) is 5.10 Å². The van der Waals surface area contributed by atoms with Crippen molar-refractivity contribution >= 4 is 11.6 Å². The highest BCUT2D eigenvalue weighted by atomic mass is 35.5. The molecule has 2 nitrogen and oxygen atoms in total. The number of hydrogen-bond acceptors (Lipinski definition) is 1. The minimum Gasteiger partial charge on any atom is -0.268 e. The molecule has 1 heterocycles. The Morgan fingerprint density at radius 3 is 2.86 bits per heavy atom. The Bertz CT molecular complexity index is 405. The largest absolute Gasteiger partial charge is 0.268 e. The van der Waals surface area contributed by atoms with E-state index in [9.17, 15) is 4.39 Å². The molecule has 0 aliphatic rings. The third-order valence-corrected chi connectivity index (χ3v) is 2.30. The van der Waals surface area contributed by atoms with Gasteiger partial charge in [0.1, 0.15) is 5.82 Å². The second-order valence-corrected chi connectivity index (χ2v) is 3.31. The molecule has 2 rings (SSSR count). The highest BCUT2D eigenvalue weighted by molar-refractivity contribution is 6.31. The molecule has 0 aliphatic heterocycles. The molecule has 0 N–H and O–H groups in total. The van der Waals surface area contributed by atoms with Crippen LogP contribution in [0.3, 0.4) is 0 Å². The van der Waals surface area contributed by atoms with Crippen molar-refractivity contribution in [2.75, 3.05) is 0 Å². The van der Waals surface area contributed by atoms with E-state index in [0.717, 1.165) is 0 Å². The van der Waals surface area contributed by atoms with Gasteiger partial charge in [-0.15, -0.1) is 0 Å². The van der Waals surface area contributed by atoms with Crippen molar-refractivity contribution in [1.29, 1.82) is 0 Å². The molecule has 0 saturated heterocycles. The maximum atomic E-state index is 13.3. The molecular formula is C10H8ClFN2. The van der Waals surface area contributed by atoms with Gasteiger partial charge in [-0.05, 0) is 18.2 Å². The SMILES string of the molecule is Fc1cccc(Cl)c1Cn1cccn1. The maximum Gasteiger partial charge on any atom is 0.129 e. The van der Waals surface area contributed by atoms with E-state index < -0.39 is 0 Å². The summed E-state index contributed by atoms with van der Waals surface area (Å²) < 4.78 is 14.9. The van der Waals surface area contributed by atoms with Crippen LogP contribution in [0.4, 0.5) is 4.39 Å². The van der Waals surface area contributed by atoms with Crippen molar-refractivity contribution in [3.8, 4) is 0 Å². The summed E-state index contributed by atoms with van der Waals surface area (Å²) in [6.07, 6.45) is 3.41. The second kappa shape index (κ2) is 3.80. The van der Waals surface area contributed by atoms with Gasteiger partial charge in [0.05, 0.1) is 6.54 Å². The first-order valence-electron chi connectivity index (χ1n) is 4.17. The van der Waals surface area contributed by atoms with E-state index in [1.54, 1.807) is 35.3 Å². The molecule has 0 saturated carbocycles. The van der Waals surface area contributed by atoms with Gasteiger partial charge in [-0.1, -0.05) is 17.7 Å². The van der Waals surface area contributed by atoms with Crippen LogP contribution in [0.15, 0.2) is 36.7 Å². The molecule has 72 valence electrons. The molecule has 0 bridgehead atoms. The van der Waals surface area contributed by atoms with Gasteiger partial charge in [0.2, 0.25) is 0 Å². The Hall–Kier alpha value is -1.35. The summed E-state index contributed by atoms with van der Waals surface area (Å²) in [6.45, 7) is 0.360. The van der Waals surface area contributed by atoms with E-state index in [1.165, 1.54) is 6.07 Å². The van der Waals surface area contributed by atoms with Crippen LogP contribution in [0.2, 0.25) is 5.02 Å². The lowest BCUT2D eigenvalue weighted by Gasteiger charge is -2.05. The Labute approximate surface area is 85.9 Å². The number of halogens is 2. The van der Waals surface area contributed by atoms with E-state index in [2.05, 4.69) is 5.10 Å². The van der Waals surface area contributed by atoms with Crippen LogP contribution in [0.1, 0.15) is 5.56 Å². The highest BCUT2D eigenvalue weighted by Crippen LogP contribution is 2.19. The van der Waals surface area contributed by atoms with Gasteiger partial charge < -0.3 is 0 Å². The van der Waals surface area contributed by atoms with Crippen molar-refractivity contribution in [2.45, 2.75) is 6.54 Å². The topological polar surface area (TPSA) is 17.8 Å². The van der Waals surface area contributed by atoms with Crippen molar-refractivity contribution < 1.29 is 4.39 Å². The van der Waals surface area contributed by atoms with Crippen LogP contribution in [0, 0.1) is 5.82 Å². The summed E-state index contributed by atoms with van der Waals surface area (Å²) in [4.78, 5) is 0. The smallest absolute Gasteiger partial charge is 0.129 e. The lowest BCUT2D eigenvalue weighted by atomic mass is 10.2. The predicted molar refractivity (Wildman–Crippen MR) is 52.7 cm³/mol. The van der Waals surface area contributed by atoms with Crippen LogP contribution in [0.25, 0.3) is 0 Å². The fourth-order valence-electron chi connectivity index (χ4n) is 1.24. The first kappa shape index (κ1) is 9.21. The zero-order valence-corrected chi connectivity index (χ0v) is 8.08. The average molecular weight is 211 g/mol. The minimum atomic E-state index is -0.298. The Morgan fingerprint density at radius 2 is 2.21 bits per heavy atom. The van der Waals surface area contributed by atoms with Crippen LogP contribution < -0.4 is 0 Å². The molecule has 1 aromatic carbocycles. The highest BCUT2D eigenvalue weighted by Gasteiger charge is 2.06. The summed E-state index contributed by atoms with van der Waals surface area (Å²) in [5.74, 6) is -0.298. The van der Waals surface area contributed by atoms with Crippen molar-refractivity contribution in [3.63, 3.8) is 0 Å². The molecule has 0 atom stereocenters. The number of hydrogen-bond donors (Lipinski definition) is 0. The van der Waals surface area contributed by atoms with E-state index >= 15 is 0 Å². The van der Waals surface area contributed by atoms with Gasteiger partial charge in [-0.3, -0.25) is 4.68 Å². The third kappa shape index (κ3) is 1.77. The van der Waals surface area contributed by atoms with Gasteiger partial charge >= 0.3 is 0 Å². The van der Waals surface area contributed by atoms with Crippen LogP contribution in [-0.4, -0.2) is 9.78 Å². The summed E-state index contributed by atoms with van der Waals surface area (Å²) in [5, 5.41) is 4.42. The predicted octanol–water partition coefficient (Wildman–Crippen LogP) is 2.72. The molecule has 0 fully saturated rings. The van der Waals surface area contributed by atoms with Crippen molar-refractivity contribution in [3.05, 3.63) is 53.1 Å². The van der Waals surface area contributed by atoms with Crippen LogP contribution in [-0.2, 0) is 6.54 Å². The number of benzene rings is 1. The Morgan fingerprint density at radius 1 is 1.36 bits per heavy atom. The van der Waals surface area contributed by atoms with Crippen LogP contribution >= 0.6 is 11.6 Å². The lowest BCUT2D eigenvalue weighted by Crippen LogP contribution is -2.02. The van der Waals surface area contributed by atoms with Gasteiger partial charge in [-0.25, -0.2) is 4.39 Å². The van der Waals surface area contributed by atoms with Gasteiger partial charge in [0.25, 0.3) is 0 Å². The monoisotopic (exact) mass is 210 g/mol. The molecule has 0 radical (unpaired) electrons. The van der Waals surface area contributed by atoms with E-state index in [0.29, 0.717) is 17.1 Å². The van der Waals surface area contributed by atoms with Gasteiger partial charge in [0, 0.05) is 23.0 Å². The number of aromatic nitrogens is 2. The molecule has 0 unspecified atom stereocenters. The Balaban J connectivity index is 2.33. The standard InChI is InChI=1S/C10H8ClFN2/c11-9-3-1-4-10(12)8(9)7-14-6-2-5-13-14/h1-6H,7H2. The summed E-state index contributed by atoms with van der Waals surface area (Å²) >= 11 is 5.87. The minimum absolute atomic E-state index is 0.298. The second-order valence-electron chi connectivity index (χ2n) is 2.90. The van der Waals surface area contributed by atoms with E-state index in [-0.39, 0.29) is 5.82 Å². The van der Waals surface area contributed by atoms with E-state index in [1.807, 2.05) is 0 Å². The zero-order chi connectivity index (χ0) is 9.97. The molecule has 4 heteroatoms. The fraction of sp³-hybridized carbons (Fsp3) is 0.100. The molecule has 0 amide bonds. The number of rotatable bonds is 2. The molecule has 0 spiro atoms. The first-order valence-corrected chi connectivity index (χ1v) is 4.55. The van der Waals surface area contributed by atoms with Crippen molar-refractivity contribution in [1.82, 2.24) is 9.78 Å². The summed E-state index contributed by atoms with van der Waals surface area (Å²) in [6, 6.07) is 6.44. The summed E-state index contributed by atoms with van der Waals surface area (Å²) in [7, 11) is 0. The van der Waals surface area contributed by atoms with Gasteiger partial charge in [0.15, 0.2) is 0 Å². The third-order valence-electron chi connectivity index (χ3n) is 1.94. The normalized spacial score (nSPS) is 10.4. The van der Waals surface area contributed by atoms with E-state index in [4.69, 9.17) is 11.6 Å². The zero-order valence-electron chi connectivity index (χ0n) is 7.32. The molecule has 0 aliphatic carbocycles.